The van der Waals surface area contributed by atoms with Gasteiger partial charge in [0.15, 0.2) is 9.84 Å². The lowest BCUT2D eigenvalue weighted by molar-refractivity contribution is -0.141. The van der Waals surface area contributed by atoms with Gasteiger partial charge in [0.2, 0.25) is 0 Å². The maximum absolute atomic E-state index is 12.7. The number of piperidine rings is 1. The van der Waals surface area contributed by atoms with Gasteiger partial charge in [-0.25, -0.2) is 8.42 Å². The summed E-state index contributed by atoms with van der Waals surface area (Å²) in [4.78, 5) is 6.06. The zero-order valence-corrected chi connectivity index (χ0v) is 16.0. The van der Waals surface area contributed by atoms with E-state index in [0.29, 0.717) is 17.5 Å². The molecule has 150 valence electrons. The number of nitrogens with zero attached hydrogens (tertiary/aromatic N) is 2. The molecule has 1 aromatic rings. The SMILES string of the molecule is O=S1(=O)CC2(CCCN(C3CCC(c4ccc(C(F)(F)F)nc4)CC3)C2)C1. The lowest BCUT2D eigenvalue weighted by Gasteiger charge is -2.51. The van der Waals surface area contributed by atoms with E-state index in [1.165, 1.54) is 6.20 Å². The Hall–Kier alpha value is -1.15. The Balaban J connectivity index is 1.34. The standard InChI is InChI=1S/C19H25F3N2O2S/c20-19(21,22)17-7-4-15(10-23-17)14-2-5-16(6-3-14)24-9-1-8-18(11-24)12-27(25,26)13-18/h4,7,10,14,16H,1-3,5-6,8-9,11-13H2. The van der Waals surface area contributed by atoms with Gasteiger partial charge in [0.1, 0.15) is 5.69 Å². The zero-order chi connectivity index (χ0) is 19.3. The van der Waals surface area contributed by atoms with Crippen LogP contribution in [0.4, 0.5) is 13.2 Å². The number of hydrogen-bond acceptors (Lipinski definition) is 4. The molecule has 0 amide bonds. The minimum atomic E-state index is -4.39. The summed E-state index contributed by atoms with van der Waals surface area (Å²) in [6.45, 7) is 1.91. The first-order valence-electron chi connectivity index (χ1n) is 9.64. The van der Waals surface area contributed by atoms with E-state index in [4.69, 9.17) is 0 Å². The van der Waals surface area contributed by atoms with Crippen LogP contribution in [0.3, 0.4) is 0 Å². The van der Waals surface area contributed by atoms with E-state index < -0.39 is 21.7 Å². The predicted octanol–water partition coefficient (Wildman–Crippen LogP) is 3.64. The average molecular weight is 402 g/mol. The third-order valence-corrected chi connectivity index (χ3v) is 8.61. The summed E-state index contributed by atoms with van der Waals surface area (Å²) in [5.74, 6) is 0.936. The molecule has 2 saturated heterocycles. The summed E-state index contributed by atoms with van der Waals surface area (Å²) in [6, 6.07) is 3.10. The molecule has 1 saturated carbocycles. The van der Waals surface area contributed by atoms with Crippen LogP contribution in [0.25, 0.3) is 0 Å². The molecule has 0 N–H and O–H groups in total. The molecule has 0 aromatic carbocycles. The Morgan fingerprint density at radius 2 is 1.81 bits per heavy atom. The van der Waals surface area contributed by atoms with Crippen molar-refractivity contribution in [2.24, 2.45) is 5.41 Å². The molecular weight excluding hydrogens is 377 g/mol. The minimum Gasteiger partial charge on any atom is -0.300 e. The van der Waals surface area contributed by atoms with Crippen molar-refractivity contribution in [1.82, 2.24) is 9.88 Å². The van der Waals surface area contributed by atoms with Crippen molar-refractivity contribution in [3.63, 3.8) is 0 Å². The Morgan fingerprint density at radius 1 is 1.11 bits per heavy atom. The first-order valence-corrected chi connectivity index (χ1v) is 11.5. The molecule has 1 spiro atoms. The van der Waals surface area contributed by atoms with Crippen LogP contribution in [0.1, 0.15) is 55.7 Å². The predicted molar refractivity (Wildman–Crippen MR) is 96.1 cm³/mol. The van der Waals surface area contributed by atoms with Gasteiger partial charge < -0.3 is 0 Å². The van der Waals surface area contributed by atoms with Gasteiger partial charge in [-0.2, -0.15) is 13.2 Å². The van der Waals surface area contributed by atoms with Crippen molar-refractivity contribution in [3.8, 4) is 0 Å². The van der Waals surface area contributed by atoms with Crippen molar-refractivity contribution in [3.05, 3.63) is 29.6 Å². The molecule has 0 radical (unpaired) electrons. The van der Waals surface area contributed by atoms with Crippen LogP contribution in [-0.4, -0.2) is 48.9 Å². The minimum absolute atomic E-state index is 0.0225. The molecule has 8 heteroatoms. The van der Waals surface area contributed by atoms with Crippen LogP contribution in [0, 0.1) is 5.41 Å². The lowest BCUT2D eigenvalue weighted by Crippen LogP contribution is -2.59. The van der Waals surface area contributed by atoms with Gasteiger partial charge in [-0.15, -0.1) is 0 Å². The summed E-state index contributed by atoms with van der Waals surface area (Å²) < 4.78 is 61.2. The van der Waals surface area contributed by atoms with Crippen molar-refractivity contribution in [2.45, 2.75) is 56.7 Å². The second kappa shape index (κ2) is 6.72. The van der Waals surface area contributed by atoms with Crippen LogP contribution < -0.4 is 0 Å². The fraction of sp³-hybridized carbons (Fsp3) is 0.737. The molecule has 0 unspecified atom stereocenters. The van der Waals surface area contributed by atoms with Gasteiger partial charge >= 0.3 is 6.18 Å². The van der Waals surface area contributed by atoms with Gasteiger partial charge in [-0.3, -0.25) is 9.88 Å². The molecule has 0 bridgehead atoms. The average Bonchev–Trinajstić information content (AvgIpc) is 2.60. The van der Waals surface area contributed by atoms with Crippen LogP contribution in [-0.2, 0) is 16.0 Å². The maximum atomic E-state index is 12.7. The summed E-state index contributed by atoms with van der Waals surface area (Å²) in [5.41, 5.74) is 0.0290. The molecule has 2 aliphatic heterocycles. The normalized spacial score (nSPS) is 30.8. The van der Waals surface area contributed by atoms with Gasteiger partial charge in [0.05, 0.1) is 11.5 Å². The second-order valence-electron chi connectivity index (χ2n) is 8.59. The molecule has 3 fully saturated rings. The van der Waals surface area contributed by atoms with Crippen molar-refractivity contribution >= 4 is 9.84 Å². The number of likely N-dealkylation sites (tertiary alicyclic amines) is 1. The van der Waals surface area contributed by atoms with E-state index >= 15 is 0 Å². The van der Waals surface area contributed by atoms with Crippen LogP contribution >= 0.6 is 0 Å². The molecule has 1 aromatic heterocycles. The van der Waals surface area contributed by atoms with E-state index in [0.717, 1.165) is 63.2 Å². The first kappa shape index (κ1) is 19.2. The number of hydrogen-bond donors (Lipinski definition) is 0. The van der Waals surface area contributed by atoms with E-state index in [1.807, 2.05) is 0 Å². The van der Waals surface area contributed by atoms with E-state index in [2.05, 4.69) is 9.88 Å². The summed E-state index contributed by atoms with van der Waals surface area (Å²) in [5, 5.41) is 0. The number of halogens is 3. The number of aromatic nitrogens is 1. The van der Waals surface area contributed by atoms with Crippen molar-refractivity contribution < 1.29 is 21.6 Å². The second-order valence-corrected chi connectivity index (χ2v) is 10.7. The Labute approximate surface area is 158 Å². The number of pyridine rings is 1. The Morgan fingerprint density at radius 3 is 2.37 bits per heavy atom. The summed E-state index contributed by atoms with van der Waals surface area (Å²) in [7, 11) is -2.82. The highest BCUT2D eigenvalue weighted by Gasteiger charge is 2.51. The van der Waals surface area contributed by atoms with E-state index in [-0.39, 0.29) is 11.3 Å². The van der Waals surface area contributed by atoms with Gasteiger partial charge in [-0.1, -0.05) is 6.07 Å². The molecule has 27 heavy (non-hydrogen) atoms. The lowest BCUT2D eigenvalue weighted by atomic mass is 9.78. The molecule has 3 aliphatic rings. The monoisotopic (exact) mass is 402 g/mol. The van der Waals surface area contributed by atoms with Crippen LogP contribution in [0.5, 0.6) is 0 Å². The topological polar surface area (TPSA) is 50.3 Å². The largest absolute Gasteiger partial charge is 0.433 e. The van der Waals surface area contributed by atoms with E-state index in [1.54, 1.807) is 6.07 Å². The summed E-state index contributed by atoms with van der Waals surface area (Å²) >= 11 is 0. The number of alkyl halides is 3. The highest BCUT2D eigenvalue weighted by Crippen LogP contribution is 2.43. The molecule has 1 aliphatic carbocycles. The smallest absolute Gasteiger partial charge is 0.300 e. The van der Waals surface area contributed by atoms with Crippen LogP contribution in [0.2, 0.25) is 0 Å². The third kappa shape index (κ3) is 4.01. The molecule has 4 rings (SSSR count). The van der Waals surface area contributed by atoms with Gasteiger partial charge in [0, 0.05) is 24.2 Å². The van der Waals surface area contributed by atoms with E-state index in [9.17, 15) is 21.6 Å². The zero-order valence-electron chi connectivity index (χ0n) is 15.2. The fourth-order valence-electron chi connectivity index (χ4n) is 5.27. The quantitative estimate of drug-likeness (QED) is 0.758. The molecule has 3 heterocycles. The number of sulfone groups is 1. The number of rotatable bonds is 2. The summed E-state index contributed by atoms with van der Waals surface area (Å²) in [6.07, 6.45) is 2.95. The molecule has 0 atom stereocenters. The third-order valence-electron chi connectivity index (χ3n) is 6.50. The highest BCUT2D eigenvalue weighted by atomic mass is 32.2. The van der Waals surface area contributed by atoms with Crippen molar-refractivity contribution in [2.75, 3.05) is 24.6 Å². The Kier molecular flexibility index (Phi) is 4.78. The van der Waals surface area contributed by atoms with Gasteiger partial charge in [-0.05, 0) is 62.6 Å². The Bertz CT molecular complexity index is 772. The highest BCUT2D eigenvalue weighted by molar-refractivity contribution is 7.92. The maximum Gasteiger partial charge on any atom is 0.433 e. The molecule has 4 nitrogen and oxygen atoms in total. The van der Waals surface area contributed by atoms with Gasteiger partial charge in [0.25, 0.3) is 0 Å². The van der Waals surface area contributed by atoms with Crippen molar-refractivity contribution in [1.29, 1.82) is 0 Å². The van der Waals surface area contributed by atoms with Crippen LogP contribution in [0.15, 0.2) is 18.3 Å². The fourth-order valence-corrected chi connectivity index (χ4v) is 7.53. The molecular formula is C19H25F3N2O2S. The first-order chi connectivity index (χ1) is 12.7.